The van der Waals surface area contributed by atoms with E-state index in [1.807, 2.05) is 30.5 Å². The van der Waals surface area contributed by atoms with Gasteiger partial charge in [0.15, 0.2) is 5.13 Å². The largest absolute Gasteiger partial charge is 0.368 e. The van der Waals surface area contributed by atoms with Gasteiger partial charge in [0.25, 0.3) is 5.91 Å². The maximum atomic E-state index is 13.5. The number of halogens is 1. The zero-order valence-corrected chi connectivity index (χ0v) is 16.8. The highest BCUT2D eigenvalue weighted by atomic mass is 32.1. The summed E-state index contributed by atoms with van der Waals surface area (Å²) in [5, 5.41) is 8.10. The molecule has 0 saturated carbocycles. The van der Waals surface area contributed by atoms with Crippen molar-refractivity contribution >= 4 is 45.4 Å². The van der Waals surface area contributed by atoms with Crippen LogP contribution in [0.5, 0.6) is 0 Å². The Morgan fingerprint density at radius 1 is 1.17 bits per heavy atom. The number of thiazole rings is 1. The topological polar surface area (TPSA) is 91.9 Å². The highest BCUT2D eigenvalue weighted by molar-refractivity contribution is 7.14. The summed E-state index contributed by atoms with van der Waals surface area (Å²) in [6.07, 6.45) is 0.0409. The number of aromatic nitrogens is 1. The molecule has 1 aromatic heterocycles. The Hall–Kier alpha value is -3.59. The number of hydrazone groups is 1. The zero-order valence-electron chi connectivity index (χ0n) is 16.0. The lowest BCUT2D eigenvalue weighted by Gasteiger charge is -2.20. The van der Waals surface area contributed by atoms with Crippen LogP contribution in [0.3, 0.4) is 0 Å². The Bertz CT molecular complexity index is 1110. The number of benzene rings is 2. The Morgan fingerprint density at radius 2 is 1.87 bits per heavy atom. The minimum Gasteiger partial charge on any atom is -0.368 e. The monoisotopic (exact) mass is 423 g/mol. The molecule has 4 rings (SSSR count). The van der Waals surface area contributed by atoms with Crippen molar-refractivity contribution in [2.45, 2.75) is 19.4 Å². The second-order valence-electron chi connectivity index (χ2n) is 6.74. The van der Waals surface area contributed by atoms with Crippen molar-refractivity contribution in [3.8, 4) is 0 Å². The summed E-state index contributed by atoms with van der Waals surface area (Å²) < 4.78 is 13.3. The van der Waals surface area contributed by atoms with Crippen LogP contribution >= 0.6 is 11.3 Å². The molecule has 2 aromatic carbocycles. The maximum absolute atomic E-state index is 13.5. The molecule has 1 aliphatic heterocycles. The van der Waals surface area contributed by atoms with E-state index in [1.165, 1.54) is 45.5 Å². The molecule has 0 spiro atoms. The zero-order chi connectivity index (χ0) is 21.3. The quantitative estimate of drug-likeness (QED) is 0.681. The number of carbonyl (C=O) groups excluding carboxylic acids is 2. The molecule has 30 heavy (non-hydrogen) atoms. The van der Waals surface area contributed by atoms with Gasteiger partial charge in [0.2, 0.25) is 5.91 Å². The number of hydrogen-bond acceptors (Lipinski definition) is 6. The van der Waals surface area contributed by atoms with Crippen molar-refractivity contribution in [2.75, 3.05) is 9.91 Å². The number of rotatable bonds is 5. The molecule has 0 aliphatic carbocycles. The summed E-state index contributed by atoms with van der Waals surface area (Å²) in [6.45, 7) is 1.85. The van der Waals surface area contributed by atoms with Gasteiger partial charge in [0, 0.05) is 11.8 Å². The summed E-state index contributed by atoms with van der Waals surface area (Å²) in [4.78, 5) is 31.4. The van der Waals surface area contributed by atoms with Crippen LogP contribution in [0.2, 0.25) is 0 Å². The van der Waals surface area contributed by atoms with E-state index in [1.54, 1.807) is 12.1 Å². The van der Waals surface area contributed by atoms with Crippen molar-refractivity contribution in [1.82, 2.24) is 4.98 Å². The van der Waals surface area contributed by atoms with E-state index in [-0.39, 0.29) is 12.1 Å². The second-order valence-corrected chi connectivity index (χ2v) is 7.57. The maximum Gasteiger partial charge on any atom is 0.280 e. The van der Waals surface area contributed by atoms with Crippen molar-refractivity contribution in [3.05, 3.63) is 71.5 Å². The lowest BCUT2D eigenvalue weighted by atomic mass is 10.1. The summed E-state index contributed by atoms with van der Waals surface area (Å²) in [5.74, 6) is -1.43. The molecule has 2 heterocycles. The Labute approximate surface area is 176 Å². The van der Waals surface area contributed by atoms with E-state index in [0.717, 1.165) is 5.69 Å². The highest BCUT2D eigenvalue weighted by Gasteiger charge is 2.37. The van der Waals surface area contributed by atoms with Gasteiger partial charge in [-0.05, 0) is 43.3 Å². The van der Waals surface area contributed by atoms with E-state index >= 15 is 0 Å². The van der Waals surface area contributed by atoms with Crippen LogP contribution in [0, 0.1) is 12.7 Å². The third kappa shape index (κ3) is 3.79. The fourth-order valence-corrected chi connectivity index (χ4v) is 3.98. The summed E-state index contributed by atoms with van der Waals surface area (Å²) in [5.41, 5.74) is 7.62. The molecule has 0 bridgehead atoms. The lowest BCUT2D eigenvalue weighted by Crippen LogP contribution is -2.40. The molecule has 152 valence electrons. The van der Waals surface area contributed by atoms with Crippen molar-refractivity contribution in [2.24, 2.45) is 10.8 Å². The van der Waals surface area contributed by atoms with Gasteiger partial charge in [-0.15, -0.1) is 11.3 Å². The molecule has 1 unspecified atom stereocenters. The van der Waals surface area contributed by atoms with E-state index < -0.39 is 23.7 Å². The predicted molar refractivity (Wildman–Crippen MR) is 114 cm³/mol. The number of hydrogen-bond donors (Lipinski definition) is 1. The fourth-order valence-electron chi connectivity index (χ4n) is 3.16. The number of primary amides is 1. The van der Waals surface area contributed by atoms with Crippen LogP contribution in [0.15, 0.2) is 65.1 Å². The Balaban J connectivity index is 1.73. The van der Waals surface area contributed by atoms with Crippen molar-refractivity contribution in [3.63, 3.8) is 0 Å². The number of aryl methyl sites for hydroxylation is 1. The van der Waals surface area contributed by atoms with E-state index in [9.17, 15) is 14.0 Å². The molecule has 2 N–H and O–H groups in total. The average Bonchev–Trinajstić information content (AvgIpc) is 3.36. The first-order valence-corrected chi connectivity index (χ1v) is 10.1. The Morgan fingerprint density at radius 3 is 2.47 bits per heavy atom. The van der Waals surface area contributed by atoms with Gasteiger partial charge in [-0.3, -0.25) is 19.5 Å². The summed E-state index contributed by atoms with van der Waals surface area (Å²) >= 11 is 1.34. The van der Waals surface area contributed by atoms with Gasteiger partial charge in [-0.1, -0.05) is 18.2 Å². The molecule has 0 fully saturated rings. The molecule has 1 atom stereocenters. The minimum absolute atomic E-state index is 0.0409. The number of nitrogens with two attached hydrogens (primary N) is 1. The SMILES string of the molecule is Cc1csc(N(C(=O)C2=NN(c3ccc(F)cc3)C(C(N)=O)C2)c2ccccc2)n1. The molecule has 0 radical (unpaired) electrons. The third-order valence-corrected chi connectivity index (χ3v) is 5.54. The molecular formula is C21H18FN5O2S. The van der Waals surface area contributed by atoms with Gasteiger partial charge >= 0.3 is 0 Å². The summed E-state index contributed by atoms with van der Waals surface area (Å²) in [6, 6.07) is 13.8. The average molecular weight is 423 g/mol. The molecular weight excluding hydrogens is 405 g/mol. The first-order valence-electron chi connectivity index (χ1n) is 9.17. The third-order valence-electron chi connectivity index (χ3n) is 4.59. The predicted octanol–water partition coefficient (Wildman–Crippen LogP) is 3.38. The normalized spacial score (nSPS) is 15.7. The number of carbonyl (C=O) groups is 2. The number of anilines is 3. The molecule has 2 amide bonds. The van der Waals surface area contributed by atoms with Crippen LogP contribution in [0.1, 0.15) is 12.1 Å². The summed E-state index contributed by atoms with van der Waals surface area (Å²) in [7, 11) is 0. The number of nitrogens with zero attached hydrogens (tertiary/aromatic N) is 4. The van der Waals surface area contributed by atoms with Gasteiger partial charge < -0.3 is 5.73 Å². The molecule has 1 aliphatic rings. The molecule has 3 aromatic rings. The first-order chi connectivity index (χ1) is 14.4. The second kappa shape index (κ2) is 8.03. The number of para-hydroxylation sites is 1. The van der Waals surface area contributed by atoms with Crippen LogP contribution in [-0.4, -0.2) is 28.6 Å². The molecule has 9 heteroatoms. The van der Waals surface area contributed by atoms with Gasteiger partial charge in [0.05, 0.1) is 17.1 Å². The number of amides is 2. The lowest BCUT2D eigenvalue weighted by molar-refractivity contribution is -0.119. The van der Waals surface area contributed by atoms with E-state index in [0.29, 0.717) is 16.5 Å². The van der Waals surface area contributed by atoms with Crippen LogP contribution in [0.25, 0.3) is 0 Å². The van der Waals surface area contributed by atoms with Crippen molar-refractivity contribution in [1.29, 1.82) is 0 Å². The molecule has 7 nitrogen and oxygen atoms in total. The smallest absolute Gasteiger partial charge is 0.280 e. The van der Waals surface area contributed by atoms with Crippen LogP contribution in [-0.2, 0) is 9.59 Å². The van der Waals surface area contributed by atoms with Crippen LogP contribution < -0.4 is 15.6 Å². The Kier molecular flexibility index (Phi) is 5.28. The van der Waals surface area contributed by atoms with Gasteiger partial charge in [-0.2, -0.15) is 5.10 Å². The minimum atomic E-state index is -0.843. The fraction of sp³-hybridized carbons (Fsp3) is 0.143. The van der Waals surface area contributed by atoms with Crippen LogP contribution in [0.4, 0.5) is 20.9 Å². The van der Waals surface area contributed by atoms with Gasteiger partial charge in [-0.25, -0.2) is 9.37 Å². The molecule has 0 saturated heterocycles. The highest BCUT2D eigenvalue weighted by Crippen LogP contribution is 2.31. The van der Waals surface area contributed by atoms with Gasteiger partial charge in [0.1, 0.15) is 17.6 Å². The first kappa shape index (κ1) is 19.7. The van der Waals surface area contributed by atoms with Crippen molar-refractivity contribution < 1.29 is 14.0 Å². The van der Waals surface area contributed by atoms with E-state index in [2.05, 4.69) is 10.1 Å². The van der Waals surface area contributed by atoms with E-state index in [4.69, 9.17) is 5.73 Å². The standard InChI is InChI=1S/C21H18FN5O2S/c1-13-12-30-21(24-13)26(15-5-3-2-4-6-15)20(29)17-11-18(19(23)28)27(25-17)16-9-7-14(22)8-10-16/h2-10,12,18H,11H2,1H3,(H2,23,28).